The molecule has 0 amide bonds. The lowest BCUT2D eigenvalue weighted by Crippen LogP contribution is -2.40. The van der Waals surface area contributed by atoms with Gasteiger partial charge in [-0.15, -0.1) is 10.2 Å². The van der Waals surface area contributed by atoms with Crippen molar-refractivity contribution in [1.82, 2.24) is 24.6 Å². The van der Waals surface area contributed by atoms with Gasteiger partial charge in [0.2, 0.25) is 0 Å². The summed E-state index contributed by atoms with van der Waals surface area (Å²) >= 11 is 0. The Bertz CT molecular complexity index is 730. The second-order valence-corrected chi connectivity index (χ2v) is 7.11. The van der Waals surface area contributed by atoms with Crippen LogP contribution in [-0.4, -0.2) is 43.8 Å². The molecule has 3 heterocycles. The summed E-state index contributed by atoms with van der Waals surface area (Å²) in [4.78, 5) is 6.49. The van der Waals surface area contributed by atoms with Gasteiger partial charge in [-0.05, 0) is 37.8 Å². The van der Waals surface area contributed by atoms with E-state index in [4.69, 9.17) is 4.74 Å². The smallest absolute Gasteiger partial charge is 0.250 e. The summed E-state index contributed by atoms with van der Waals surface area (Å²) in [5.41, 5.74) is 0. The molecule has 134 valence electrons. The summed E-state index contributed by atoms with van der Waals surface area (Å²) in [6.45, 7) is 5.47. The summed E-state index contributed by atoms with van der Waals surface area (Å²) in [6.07, 6.45) is 6.51. The molecule has 1 atom stereocenters. The first kappa shape index (κ1) is 16.4. The Morgan fingerprint density at radius 3 is 2.92 bits per heavy atom. The predicted molar refractivity (Wildman–Crippen MR) is 90.6 cm³/mol. The van der Waals surface area contributed by atoms with Crippen LogP contribution in [0.5, 0.6) is 5.88 Å². The maximum atomic E-state index is 13.6. The van der Waals surface area contributed by atoms with Crippen LogP contribution in [0, 0.1) is 11.7 Å². The number of nitrogens with zero attached hydrogens (tertiary/aromatic N) is 5. The van der Waals surface area contributed by atoms with Crippen molar-refractivity contribution in [3.05, 3.63) is 35.8 Å². The van der Waals surface area contributed by atoms with Gasteiger partial charge in [0.1, 0.15) is 12.4 Å². The SMILES string of the molecule is C[C@H]1Cc2nnc(COc3ncccc3F)n2CCN1CC1CCC1. The van der Waals surface area contributed by atoms with Crippen LogP contribution in [0.3, 0.4) is 0 Å². The number of aromatic nitrogens is 4. The van der Waals surface area contributed by atoms with E-state index in [0.717, 1.165) is 37.1 Å². The molecule has 1 fully saturated rings. The third-order valence-electron chi connectivity index (χ3n) is 5.40. The van der Waals surface area contributed by atoms with Crippen molar-refractivity contribution in [3.63, 3.8) is 0 Å². The number of fused-ring (bicyclic) bond motifs is 1. The van der Waals surface area contributed by atoms with E-state index in [2.05, 4.69) is 31.6 Å². The van der Waals surface area contributed by atoms with Crippen LogP contribution in [0.1, 0.15) is 37.8 Å². The topological polar surface area (TPSA) is 56.1 Å². The van der Waals surface area contributed by atoms with E-state index in [1.54, 1.807) is 6.07 Å². The molecule has 6 nitrogen and oxygen atoms in total. The minimum atomic E-state index is -0.460. The lowest BCUT2D eigenvalue weighted by Gasteiger charge is -2.34. The normalized spacial score (nSPS) is 21.4. The quantitative estimate of drug-likeness (QED) is 0.833. The van der Waals surface area contributed by atoms with Crippen molar-refractivity contribution >= 4 is 0 Å². The van der Waals surface area contributed by atoms with Crippen LogP contribution >= 0.6 is 0 Å². The Hall–Kier alpha value is -2.02. The van der Waals surface area contributed by atoms with Crippen LogP contribution in [0.2, 0.25) is 0 Å². The number of rotatable bonds is 5. The highest BCUT2D eigenvalue weighted by atomic mass is 19.1. The van der Waals surface area contributed by atoms with Crippen LogP contribution < -0.4 is 4.74 Å². The molecular weight excluding hydrogens is 321 g/mol. The van der Waals surface area contributed by atoms with Crippen LogP contribution in [0.25, 0.3) is 0 Å². The van der Waals surface area contributed by atoms with Crippen LogP contribution in [-0.2, 0) is 19.6 Å². The Morgan fingerprint density at radius 2 is 2.16 bits per heavy atom. The minimum Gasteiger partial charge on any atom is -0.467 e. The van der Waals surface area contributed by atoms with Crippen molar-refractivity contribution in [2.45, 2.75) is 51.8 Å². The molecule has 0 spiro atoms. The van der Waals surface area contributed by atoms with Crippen molar-refractivity contribution in [2.75, 3.05) is 13.1 Å². The molecule has 0 saturated heterocycles. The van der Waals surface area contributed by atoms with Gasteiger partial charge in [-0.2, -0.15) is 0 Å². The third kappa shape index (κ3) is 3.51. The number of ether oxygens (including phenoxy) is 1. The third-order valence-corrected chi connectivity index (χ3v) is 5.40. The average molecular weight is 345 g/mol. The molecule has 0 N–H and O–H groups in total. The number of halogens is 1. The Kier molecular flexibility index (Phi) is 4.65. The van der Waals surface area contributed by atoms with Crippen molar-refractivity contribution < 1.29 is 9.13 Å². The Morgan fingerprint density at radius 1 is 1.28 bits per heavy atom. The molecule has 0 radical (unpaired) electrons. The fraction of sp³-hybridized carbons (Fsp3) is 0.611. The van der Waals surface area contributed by atoms with Gasteiger partial charge in [-0.1, -0.05) is 6.42 Å². The van der Waals surface area contributed by atoms with Gasteiger partial charge in [-0.3, -0.25) is 4.90 Å². The van der Waals surface area contributed by atoms with Gasteiger partial charge in [0, 0.05) is 38.3 Å². The number of hydrogen-bond donors (Lipinski definition) is 0. The molecule has 1 aliphatic heterocycles. The van der Waals surface area contributed by atoms with Gasteiger partial charge in [0.25, 0.3) is 5.88 Å². The summed E-state index contributed by atoms with van der Waals surface area (Å²) in [6, 6.07) is 3.35. The van der Waals surface area contributed by atoms with E-state index in [-0.39, 0.29) is 12.5 Å². The second-order valence-electron chi connectivity index (χ2n) is 7.11. The lowest BCUT2D eigenvalue weighted by atomic mass is 9.85. The van der Waals surface area contributed by atoms with E-state index in [9.17, 15) is 4.39 Å². The molecular formula is C18H24FN5O. The first-order chi connectivity index (χ1) is 12.2. The average Bonchev–Trinajstić information content (AvgIpc) is 2.86. The highest BCUT2D eigenvalue weighted by Crippen LogP contribution is 2.28. The van der Waals surface area contributed by atoms with E-state index in [1.165, 1.54) is 38.1 Å². The number of pyridine rings is 1. The first-order valence-electron chi connectivity index (χ1n) is 9.09. The molecule has 1 saturated carbocycles. The maximum Gasteiger partial charge on any atom is 0.250 e. The summed E-state index contributed by atoms with van der Waals surface area (Å²) in [7, 11) is 0. The minimum absolute atomic E-state index is 0.00782. The van der Waals surface area contributed by atoms with Gasteiger partial charge in [0.05, 0.1) is 0 Å². The highest BCUT2D eigenvalue weighted by Gasteiger charge is 2.28. The molecule has 1 aliphatic carbocycles. The monoisotopic (exact) mass is 345 g/mol. The zero-order valence-corrected chi connectivity index (χ0v) is 14.6. The molecule has 2 aliphatic rings. The summed E-state index contributed by atoms with van der Waals surface area (Å²) in [5.74, 6) is 2.13. The largest absolute Gasteiger partial charge is 0.467 e. The lowest BCUT2D eigenvalue weighted by molar-refractivity contribution is 0.141. The molecule has 0 aromatic carbocycles. The maximum absolute atomic E-state index is 13.6. The molecule has 0 bridgehead atoms. The molecule has 0 unspecified atom stereocenters. The second kappa shape index (κ2) is 7.07. The Balaban J connectivity index is 1.43. The fourth-order valence-corrected chi connectivity index (χ4v) is 3.62. The van der Waals surface area contributed by atoms with E-state index in [1.807, 2.05) is 0 Å². The molecule has 4 rings (SSSR count). The predicted octanol–water partition coefficient (Wildman–Crippen LogP) is 2.44. The Labute approximate surface area is 147 Å². The zero-order valence-electron chi connectivity index (χ0n) is 14.6. The molecule has 7 heteroatoms. The summed E-state index contributed by atoms with van der Waals surface area (Å²) in [5, 5.41) is 8.59. The van der Waals surface area contributed by atoms with Crippen molar-refractivity contribution in [1.29, 1.82) is 0 Å². The van der Waals surface area contributed by atoms with Gasteiger partial charge in [-0.25, -0.2) is 9.37 Å². The van der Waals surface area contributed by atoms with Gasteiger partial charge in [0.15, 0.2) is 11.6 Å². The van der Waals surface area contributed by atoms with Crippen molar-refractivity contribution in [2.24, 2.45) is 5.92 Å². The molecule has 2 aromatic rings. The van der Waals surface area contributed by atoms with Crippen LogP contribution in [0.15, 0.2) is 18.3 Å². The van der Waals surface area contributed by atoms with Crippen LogP contribution in [0.4, 0.5) is 4.39 Å². The van der Waals surface area contributed by atoms with Gasteiger partial charge < -0.3 is 9.30 Å². The molecule has 2 aromatic heterocycles. The van der Waals surface area contributed by atoms with E-state index < -0.39 is 5.82 Å². The first-order valence-corrected chi connectivity index (χ1v) is 9.09. The van der Waals surface area contributed by atoms with Gasteiger partial charge >= 0.3 is 0 Å². The standard InChI is InChI=1S/C18H24FN5O/c1-13-10-16-21-22-17(12-25-18-15(19)6-3-7-20-18)24(16)9-8-23(13)11-14-4-2-5-14/h3,6-7,13-14H,2,4-5,8-12H2,1H3/t13-/m0/s1. The fourth-order valence-electron chi connectivity index (χ4n) is 3.62. The number of hydrogen-bond acceptors (Lipinski definition) is 5. The van der Waals surface area contributed by atoms with E-state index >= 15 is 0 Å². The zero-order chi connectivity index (χ0) is 17.2. The summed E-state index contributed by atoms with van der Waals surface area (Å²) < 4.78 is 21.3. The van der Waals surface area contributed by atoms with E-state index in [0.29, 0.717) is 6.04 Å². The molecule has 25 heavy (non-hydrogen) atoms. The van der Waals surface area contributed by atoms with Crippen molar-refractivity contribution in [3.8, 4) is 5.88 Å². The highest BCUT2D eigenvalue weighted by molar-refractivity contribution is 5.13.